The lowest BCUT2D eigenvalue weighted by Gasteiger charge is -2.12. The second kappa shape index (κ2) is 6.53. The number of fused-ring (bicyclic) bond motifs is 5. The number of nitrogens with zero attached hydrogens (tertiary/aromatic N) is 3. The van der Waals surface area contributed by atoms with Crippen LogP contribution in [0.25, 0.3) is 60.6 Å². The molecular formula is C28H17N3O. The molecule has 0 aliphatic rings. The molecule has 3 aromatic heterocycles. The Bertz CT molecular complexity index is 1720. The van der Waals surface area contributed by atoms with Gasteiger partial charge in [-0.2, -0.15) is 0 Å². The van der Waals surface area contributed by atoms with Gasteiger partial charge in [-0.15, -0.1) is 10.2 Å². The summed E-state index contributed by atoms with van der Waals surface area (Å²) in [6, 6.07) is 33.5. The van der Waals surface area contributed by atoms with E-state index < -0.39 is 0 Å². The van der Waals surface area contributed by atoms with Crippen LogP contribution >= 0.6 is 0 Å². The summed E-state index contributed by atoms with van der Waals surface area (Å²) in [6.07, 6.45) is 1.67. The van der Waals surface area contributed by atoms with Crippen molar-refractivity contribution >= 4 is 43.4 Å². The lowest BCUT2D eigenvalue weighted by atomic mass is 10.0. The molecule has 0 radical (unpaired) electrons. The van der Waals surface area contributed by atoms with Gasteiger partial charge in [0.15, 0.2) is 11.6 Å². The number of hydrogen-bond acceptors (Lipinski definition) is 3. The molecule has 7 aromatic rings. The zero-order chi connectivity index (χ0) is 21.1. The third-order valence-electron chi connectivity index (χ3n) is 6.17. The second-order valence-corrected chi connectivity index (χ2v) is 7.96. The Morgan fingerprint density at radius 2 is 1.19 bits per heavy atom. The molecule has 3 heterocycles. The van der Waals surface area contributed by atoms with E-state index in [0.717, 1.165) is 38.7 Å². The van der Waals surface area contributed by atoms with Crippen molar-refractivity contribution in [1.82, 2.24) is 14.8 Å². The number of hydrogen-bond donors (Lipinski definition) is 0. The second-order valence-electron chi connectivity index (χ2n) is 7.96. The molecule has 0 spiro atoms. The van der Waals surface area contributed by atoms with E-state index in [1.807, 2.05) is 12.1 Å². The molecule has 4 aromatic carbocycles. The fraction of sp³-hybridized carbons (Fsp3) is 0. The van der Waals surface area contributed by atoms with E-state index in [1.165, 1.54) is 16.2 Å². The summed E-state index contributed by atoms with van der Waals surface area (Å²) >= 11 is 0. The van der Waals surface area contributed by atoms with E-state index in [1.54, 1.807) is 6.26 Å². The predicted octanol–water partition coefficient (Wildman–Crippen LogP) is 7.14. The van der Waals surface area contributed by atoms with Crippen LogP contribution in [0.15, 0.2) is 108 Å². The number of furan rings is 1. The minimum atomic E-state index is 0.714. The zero-order valence-electron chi connectivity index (χ0n) is 17.1. The standard InChI is InChI=1S/C28H17N3O/c1-2-9-19-17-23-22(16-18(19)8-1)27(26-14-7-15-32-26)29-30-28(23)31-24-12-5-3-10-20(24)21-11-4-6-13-25(21)31/h1-17H. The summed E-state index contributed by atoms with van der Waals surface area (Å²) in [6.45, 7) is 0. The Morgan fingerprint density at radius 3 is 1.84 bits per heavy atom. The smallest absolute Gasteiger partial charge is 0.168 e. The molecule has 150 valence electrons. The van der Waals surface area contributed by atoms with Gasteiger partial charge in [-0.25, -0.2) is 0 Å². The Kier molecular flexibility index (Phi) is 3.52. The Hall–Kier alpha value is -4.44. The molecule has 32 heavy (non-hydrogen) atoms. The first-order valence-corrected chi connectivity index (χ1v) is 10.6. The number of aromatic nitrogens is 3. The molecule has 0 unspecified atom stereocenters. The molecule has 0 saturated carbocycles. The first-order chi connectivity index (χ1) is 15.9. The first kappa shape index (κ1) is 17.3. The van der Waals surface area contributed by atoms with E-state index in [4.69, 9.17) is 9.52 Å². The highest BCUT2D eigenvalue weighted by molar-refractivity contribution is 6.12. The lowest BCUT2D eigenvalue weighted by molar-refractivity contribution is 0.579. The van der Waals surface area contributed by atoms with Gasteiger partial charge in [0.05, 0.1) is 17.3 Å². The van der Waals surface area contributed by atoms with Crippen LogP contribution in [0.5, 0.6) is 0 Å². The normalized spacial score (nSPS) is 11.8. The van der Waals surface area contributed by atoms with E-state index in [2.05, 4.69) is 94.6 Å². The van der Waals surface area contributed by atoms with Gasteiger partial charge >= 0.3 is 0 Å². The van der Waals surface area contributed by atoms with Crippen LogP contribution in [0.2, 0.25) is 0 Å². The highest BCUT2D eigenvalue weighted by Crippen LogP contribution is 2.37. The van der Waals surface area contributed by atoms with E-state index >= 15 is 0 Å². The van der Waals surface area contributed by atoms with Crippen molar-refractivity contribution in [3.63, 3.8) is 0 Å². The highest BCUT2D eigenvalue weighted by atomic mass is 16.3. The van der Waals surface area contributed by atoms with E-state index in [0.29, 0.717) is 5.76 Å². The summed E-state index contributed by atoms with van der Waals surface area (Å²) in [5, 5.41) is 16.2. The van der Waals surface area contributed by atoms with E-state index in [9.17, 15) is 0 Å². The number of para-hydroxylation sites is 2. The third kappa shape index (κ3) is 2.38. The summed E-state index contributed by atoms with van der Waals surface area (Å²) in [5.41, 5.74) is 2.98. The molecule has 0 aliphatic carbocycles. The number of benzene rings is 4. The van der Waals surface area contributed by atoms with Gasteiger partial charge in [-0.1, -0.05) is 60.7 Å². The fourth-order valence-electron chi connectivity index (χ4n) is 4.74. The molecule has 0 atom stereocenters. The van der Waals surface area contributed by atoms with Crippen LogP contribution in [0.3, 0.4) is 0 Å². The first-order valence-electron chi connectivity index (χ1n) is 10.6. The monoisotopic (exact) mass is 411 g/mol. The average Bonchev–Trinajstić information content (AvgIpc) is 3.49. The maximum absolute atomic E-state index is 5.70. The topological polar surface area (TPSA) is 43.9 Å². The van der Waals surface area contributed by atoms with Gasteiger partial charge in [0.25, 0.3) is 0 Å². The molecule has 0 aliphatic heterocycles. The Labute approximate surface area is 183 Å². The fourth-order valence-corrected chi connectivity index (χ4v) is 4.74. The molecule has 0 saturated heterocycles. The molecule has 0 bridgehead atoms. The van der Waals surface area contributed by atoms with Crippen LogP contribution in [-0.2, 0) is 0 Å². The van der Waals surface area contributed by atoms with Crippen LogP contribution in [0.4, 0.5) is 0 Å². The summed E-state index contributed by atoms with van der Waals surface area (Å²) in [4.78, 5) is 0. The van der Waals surface area contributed by atoms with Crippen molar-refractivity contribution in [2.75, 3.05) is 0 Å². The van der Waals surface area contributed by atoms with Gasteiger partial charge in [0.2, 0.25) is 0 Å². The van der Waals surface area contributed by atoms with Gasteiger partial charge < -0.3 is 4.42 Å². The zero-order valence-corrected chi connectivity index (χ0v) is 17.1. The highest BCUT2D eigenvalue weighted by Gasteiger charge is 2.19. The molecular weight excluding hydrogens is 394 g/mol. The summed E-state index contributed by atoms with van der Waals surface area (Å²) < 4.78 is 7.92. The minimum absolute atomic E-state index is 0.714. The summed E-state index contributed by atoms with van der Waals surface area (Å²) in [7, 11) is 0. The van der Waals surface area contributed by atoms with Gasteiger partial charge in [0, 0.05) is 21.5 Å². The largest absolute Gasteiger partial charge is 0.463 e. The minimum Gasteiger partial charge on any atom is -0.463 e. The molecule has 4 heteroatoms. The van der Waals surface area contributed by atoms with Crippen molar-refractivity contribution in [1.29, 1.82) is 0 Å². The van der Waals surface area contributed by atoms with Crippen molar-refractivity contribution in [3.8, 4) is 17.3 Å². The van der Waals surface area contributed by atoms with Crippen molar-refractivity contribution < 1.29 is 4.42 Å². The quantitative estimate of drug-likeness (QED) is 0.284. The SMILES string of the molecule is c1coc(-c2nnc(-n3c4ccccc4c4ccccc43)c3cc4ccccc4cc23)c1. The maximum Gasteiger partial charge on any atom is 0.168 e. The Balaban J connectivity index is 1.67. The predicted molar refractivity (Wildman–Crippen MR) is 129 cm³/mol. The van der Waals surface area contributed by atoms with Gasteiger partial charge in [0.1, 0.15) is 5.69 Å². The molecule has 0 N–H and O–H groups in total. The summed E-state index contributed by atoms with van der Waals surface area (Å²) in [5.74, 6) is 1.53. The molecule has 0 amide bonds. The van der Waals surface area contributed by atoms with E-state index in [-0.39, 0.29) is 0 Å². The molecule has 0 fully saturated rings. The lowest BCUT2D eigenvalue weighted by Crippen LogP contribution is -2.02. The van der Waals surface area contributed by atoms with Gasteiger partial charge in [-0.05, 0) is 47.2 Å². The van der Waals surface area contributed by atoms with Gasteiger partial charge in [-0.3, -0.25) is 4.57 Å². The van der Waals surface area contributed by atoms with Crippen molar-refractivity contribution in [2.45, 2.75) is 0 Å². The number of rotatable bonds is 2. The maximum atomic E-state index is 5.70. The van der Waals surface area contributed by atoms with Crippen molar-refractivity contribution in [3.05, 3.63) is 103 Å². The third-order valence-corrected chi connectivity index (χ3v) is 6.17. The Morgan fingerprint density at radius 1 is 0.562 bits per heavy atom. The van der Waals surface area contributed by atoms with Crippen LogP contribution in [0, 0.1) is 0 Å². The average molecular weight is 411 g/mol. The van der Waals surface area contributed by atoms with Crippen molar-refractivity contribution in [2.24, 2.45) is 0 Å². The van der Waals surface area contributed by atoms with Crippen LogP contribution in [-0.4, -0.2) is 14.8 Å². The molecule has 7 rings (SSSR count). The molecule has 4 nitrogen and oxygen atoms in total. The van der Waals surface area contributed by atoms with Crippen LogP contribution in [0.1, 0.15) is 0 Å². The van der Waals surface area contributed by atoms with Crippen LogP contribution < -0.4 is 0 Å².